The minimum absolute atomic E-state index is 0.0690. The number of sulfonamides is 1. The standard InChI is InChI=1S/C14H21BrN2O4S/c1-4-21-9-5-8-16-14(18)11-6-7-12(15)13(10-11)22(19,20)17(2)3/h6-7,10H,4-5,8-9H2,1-3H3,(H,16,18). The summed E-state index contributed by atoms with van der Waals surface area (Å²) in [7, 11) is -0.716. The molecule has 0 fully saturated rings. The highest BCUT2D eigenvalue weighted by molar-refractivity contribution is 9.10. The fourth-order valence-corrected chi connectivity index (χ4v) is 3.51. The Morgan fingerprint density at radius 2 is 2.05 bits per heavy atom. The average Bonchev–Trinajstić information content (AvgIpc) is 2.46. The van der Waals surface area contributed by atoms with Crippen LogP contribution in [0.5, 0.6) is 0 Å². The Morgan fingerprint density at radius 3 is 2.64 bits per heavy atom. The van der Waals surface area contributed by atoms with Gasteiger partial charge in [0.15, 0.2) is 0 Å². The quantitative estimate of drug-likeness (QED) is 0.684. The van der Waals surface area contributed by atoms with E-state index in [0.29, 0.717) is 36.2 Å². The van der Waals surface area contributed by atoms with E-state index in [4.69, 9.17) is 4.74 Å². The highest BCUT2D eigenvalue weighted by atomic mass is 79.9. The SMILES string of the molecule is CCOCCCNC(=O)c1ccc(Br)c(S(=O)(=O)N(C)C)c1. The van der Waals surface area contributed by atoms with Crippen LogP contribution in [-0.2, 0) is 14.8 Å². The maximum Gasteiger partial charge on any atom is 0.251 e. The zero-order valence-electron chi connectivity index (χ0n) is 12.9. The van der Waals surface area contributed by atoms with Crippen molar-refractivity contribution in [3.05, 3.63) is 28.2 Å². The molecule has 0 aliphatic heterocycles. The number of carbonyl (C=O) groups excluding carboxylic acids is 1. The molecule has 6 nitrogen and oxygen atoms in total. The van der Waals surface area contributed by atoms with Crippen LogP contribution in [0.15, 0.2) is 27.6 Å². The third kappa shape index (κ3) is 5.05. The molecular weight excluding hydrogens is 372 g/mol. The van der Waals surface area contributed by atoms with Crippen LogP contribution in [0.2, 0.25) is 0 Å². The summed E-state index contributed by atoms with van der Waals surface area (Å²) in [4.78, 5) is 12.1. The number of amides is 1. The zero-order chi connectivity index (χ0) is 16.8. The van der Waals surface area contributed by atoms with Crippen LogP contribution in [0.25, 0.3) is 0 Å². The average molecular weight is 393 g/mol. The topological polar surface area (TPSA) is 75.7 Å². The van der Waals surface area contributed by atoms with E-state index in [1.807, 2.05) is 6.92 Å². The lowest BCUT2D eigenvalue weighted by molar-refractivity contribution is 0.0944. The van der Waals surface area contributed by atoms with Crippen LogP contribution in [0, 0.1) is 0 Å². The van der Waals surface area contributed by atoms with Gasteiger partial charge in [-0.05, 0) is 47.5 Å². The van der Waals surface area contributed by atoms with Gasteiger partial charge in [0.1, 0.15) is 0 Å². The first-order chi connectivity index (χ1) is 10.3. The number of nitrogens with one attached hydrogen (secondary N) is 1. The van der Waals surface area contributed by atoms with E-state index in [0.717, 1.165) is 4.31 Å². The van der Waals surface area contributed by atoms with E-state index >= 15 is 0 Å². The number of halogens is 1. The van der Waals surface area contributed by atoms with Gasteiger partial charge in [0.25, 0.3) is 5.91 Å². The first kappa shape index (κ1) is 19.1. The van der Waals surface area contributed by atoms with Crippen molar-refractivity contribution >= 4 is 31.9 Å². The van der Waals surface area contributed by atoms with Gasteiger partial charge in [-0.2, -0.15) is 0 Å². The van der Waals surface area contributed by atoms with E-state index in [1.54, 1.807) is 12.1 Å². The lowest BCUT2D eigenvalue weighted by Crippen LogP contribution is -2.26. The van der Waals surface area contributed by atoms with Crippen molar-refractivity contribution in [2.24, 2.45) is 0 Å². The minimum atomic E-state index is -3.61. The lowest BCUT2D eigenvalue weighted by atomic mass is 10.2. The molecule has 0 aliphatic carbocycles. The van der Waals surface area contributed by atoms with Crippen LogP contribution in [-0.4, -0.2) is 52.5 Å². The lowest BCUT2D eigenvalue weighted by Gasteiger charge is -2.14. The van der Waals surface area contributed by atoms with E-state index in [1.165, 1.54) is 20.2 Å². The fourth-order valence-electron chi connectivity index (χ4n) is 1.66. The molecule has 1 amide bonds. The van der Waals surface area contributed by atoms with Gasteiger partial charge in [-0.25, -0.2) is 12.7 Å². The summed E-state index contributed by atoms with van der Waals surface area (Å²) in [6, 6.07) is 4.51. The van der Waals surface area contributed by atoms with Gasteiger partial charge in [-0.15, -0.1) is 0 Å². The van der Waals surface area contributed by atoms with Crippen molar-refractivity contribution in [1.29, 1.82) is 0 Å². The van der Waals surface area contributed by atoms with Crippen LogP contribution < -0.4 is 5.32 Å². The first-order valence-corrected chi connectivity index (χ1v) is 9.12. The number of hydrogen-bond acceptors (Lipinski definition) is 4. The molecule has 0 spiro atoms. The van der Waals surface area contributed by atoms with E-state index < -0.39 is 10.0 Å². The summed E-state index contributed by atoms with van der Waals surface area (Å²) >= 11 is 3.21. The van der Waals surface area contributed by atoms with Gasteiger partial charge in [-0.1, -0.05) is 0 Å². The molecule has 0 atom stereocenters. The summed E-state index contributed by atoms with van der Waals surface area (Å²) in [5.41, 5.74) is 0.306. The second-order valence-corrected chi connectivity index (χ2v) is 7.71. The van der Waals surface area contributed by atoms with Crippen molar-refractivity contribution in [2.75, 3.05) is 33.9 Å². The second kappa shape index (κ2) is 8.61. The monoisotopic (exact) mass is 392 g/mol. The molecule has 0 unspecified atom stereocenters. The molecule has 0 aliphatic rings. The summed E-state index contributed by atoms with van der Waals surface area (Å²) in [6.07, 6.45) is 0.707. The zero-order valence-corrected chi connectivity index (χ0v) is 15.3. The van der Waals surface area contributed by atoms with Gasteiger partial charge < -0.3 is 10.1 Å². The molecule has 0 aromatic heterocycles. The highest BCUT2D eigenvalue weighted by Gasteiger charge is 2.22. The highest BCUT2D eigenvalue weighted by Crippen LogP contribution is 2.25. The maximum absolute atomic E-state index is 12.2. The first-order valence-electron chi connectivity index (χ1n) is 6.88. The van der Waals surface area contributed by atoms with Crippen molar-refractivity contribution in [2.45, 2.75) is 18.2 Å². The Hall–Kier alpha value is -0.960. The molecular formula is C14H21BrN2O4S. The molecule has 1 N–H and O–H groups in total. The number of carbonyl (C=O) groups is 1. The summed E-state index contributed by atoms with van der Waals surface area (Å²) in [5.74, 6) is -0.306. The van der Waals surface area contributed by atoms with Crippen LogP contribution in [0.1, 0.15) is 23.7 Å². The Bertz CT molecular complexity index is 617. The molecule has 1 rings (SSSR count). The van der Waals surface area contributed by atoms with Gasteiger partial charge in [0, 0.05) is 43.9 Å². The Kier molecular flexibility index (Phi) is 7.47. The van der Waals surface area contributed by atoms with Crippen molar-refractivity contribution in [3.8, 4) is 0 Å². The molecule has 1 aromatic rings. The van der Waals surface area contributed by atoms with Gasteiger partial charge in [0.05, 0.1) is 4.90 Å². The van der Waals surface area contributed by atoms with Crippen LogP contribution >= 0.6 is 15.9 Å². The van der Waals surface area contributed by atoms with Gasteiger partial charge in [0.2, 0.25) is 10.0 Å². The number of rotatable bonds is 8. The normalized spacial score (nSPS) is 11.7. The summed E-state index contributed by atoms with van der Waals surface area (Å²) in [5, 5.41) is 2.74. The second-order valence-electron chi connectivity index (χ2n) is 4.74. The van der Waals surface area contributed by atoms with E-state index in [-0.39, 0.29) is 10.8 Å². The Labute approximate surface area is 140 Å². The molecule has 22 heavy (non-hydrogen) atoms. The molecule has 1 aromatic carbocycles. The maximum atomic E-state index is 12.2. The van der Waals surface area contributed by atoms with Crippen molar-refractivity contribution in [3.63, 3.8) is 0 Å². The molecule has 0 saturated heterocycles. The number of hydrogen-bond donors (Lipinski definition) is 1. The number of benzene rings is 1. The largest absolute Gasteiger partial charge is 0.382 e. The smallest absolute Gasteiger partial charge is 0.251 e. The third-order valence-corrected chi connectivity index (χ3v) is 5.72. The van der Waals surface area contributed by atoms with E-state index in [9.17, 15) is 13.2 Å². The molecule has 8 heteroatoms. The summed E-state index contributed by atoms with van der Waals surface area (Å²) in [6.45, 7) is 3.61. The number of nitrogens with zero attached hydrogens (tertiary/aromatic N) is 1. The Morgan fingerprint density at radius 1 is 1.36 bits per heavy atom. The molecule has 0 bridgehead atoms. The predicted molar refractivity (Wildman–Crippen MR) is 88.5 cm³/mol. The van der Waals surface area contributed by atoms with Crippen molar-refractivity contribution in [1.82, 2.24) is 9.62 Å². The molecule has 124 valence electrons. The third-order valence-electron chi connectivity index (χ3n) is 2.91. The summed E-state index contributed by atoms with van der Waals surface area (Å²) < 4.78 is 31.1. The van der Waals surface area contributed by atoms with Crippen molar-refractivity contribution < 1.29 is 17.9 Å². The number of ether oxygens (including phenoxy) is 1. The molecule has 0 heterocycles. The predicted octanol–water partition coefficient (Wildman–Crippen LogP) is 1.86. The fraction of sp³-hybridized carbons (Fsp3) is 0.500. The van der Waals surface area contributed by atoms with Gasteiger partial charge >= 0.3 is 0 Å². The molecule has 0 radical (unpaired) electrons. The van der Waals surface area contributed by atoms with Gasteiger partial charge in [-0.3, -0.25) is 4.79 Å². The van der Waals surface area contributed by atoms with E-state index in [2.05, 4.69) is 21.2 Å². The van der Waals surface area contributed by atoms with Crippen LogP contribution in [0.4, 0.5) is 0 Å². The Balaban J connectivity index is 2.83. The molecule has 0 saturated carbocycles. The van der Waals surface area contributed by atoms with Crippen LogP contribution in [0.3, 0.4) is 0 Å². The minimum Gasteiger partial charge on any atom is -0.382 e.